The molecular weight excluding hydrogens is 204 g/mol. The Balaban J connectivity index is 2.26. The van der Waals surface area contributed by atoms with Crippen molar-refractivity contribution in [1.82, 2.24) is 19.7 Å². The maximum atomic E-state index is 4.32. The lowest BCUT2D eigenvalue weighted by molar-refractivity contribution is 0.768. The van der Waals surface area contributed by atoms with Gasteiger partial charge in [0.15, 0.2) is 0 Å². The predicted molar refractivity (Wildman–Crippen MR) is 62.8 cm³/mol. The van der Waals surface area contributed by atoms with Crippen molar-refractivity contribution in [2.24, 2.45) is 7.05 Å². The molecule has 0 aliphatic rings. The van der Waals surface area contributed by atoms with Crippen LogP contribution < -0.4 is 10.6 Å². The molecule has 6 heteroatoms. The molecule has 0 saturated carbocycles. The summed E-state index contributed by atoms with van der Waals surface area (Å²) in [6.45, 7) is 1.96. The molecule has 0 atom stereocenters. The lowest BCUT2D eigenvalue weighted by Gasteiger charge is -2.07. The fourth-order valence-corrected chi connectivity index (χ4v) is 1.31. The molecule has 2 aromatic rings. The number of nitrogens with zero attached hydrogens (tertiary/aromatic N) is 4. The van der Waals surface area contributed by atoms with Crippen LogP contribution in [-0.2, 0) is 7.05 Å². The third-order valence-electron chi connectivity index (χ3n) is 2.16. The van der Waals surface area contributed by atoms with E-state index in [9.17, 15) is 0 Å². The molecule has 0 unspecified atom stereocenters. The first-order valence-electron chi connectivity index (χ1n) is 4.96. The van der Waals surface area contributed by atoms with Gasteiger partial charge in [-0.15, -0.1) is 0 Å². The lowest BCUT2D eigenvalue weighted by atomic mass is 10.3. The van der Waals surface area contributed by atoms with E-state index in [4.69, 9.17) is 0 Å². The summed E-state index contributed by atoms with van der Waals surface area (Å²) in [6.07, 6.45) is 5.42. The molecule has 0 fully saturated rings. The van der Waals surface area contributed by atoms with Crippen molar-refractivity contribution in [3.63, 3.8) is 0 Å². The van der Waals surface area contributed by atoms with E-state index in [1.165, 1.54) is 0 Å². The Kier molecular flexibility index (Phi) is 2.72. The summed E-state index contributed by atoms with van der Waals surface area (Å²) in [7, 11) is 3.66. The van der Waals surface area contributed by atoms with E-state index in [2.05, 4.69) is 25.7 Å². The molecule has 0 bridgehead atoms. The van der Waals surface area contributed by atoms with Crippen molar-refractivity contribution in [2.75, 3.05) is 17.7 Å². The molecule has 2 rings (SSSR count). The molecule has 0 amide bonds. The van der Waals surface area contributed by atoms with E-state index < -0.39 is 0 Å². The average Bonchev–Trinajstić information content (AvgIpc) is 2.67. The average molecular weight is 218 g/mol. The summed E-state index contributed by atoms with van der Waals surface area (Å²) in [4.78, 5) is 8.45. The molecule has 0 aliphatic carbocycles. The Morgan fingerprint density at radius 3 is 2.75 bits per heavy atom. The van der Waals surface area contributed by atoms with Crippen molar-refractivity contribution < 1.29 is 0 Å². The first kappa shape index (κ1) is 10.4. The fraction of sp³-hybridized carbons (Fsp3) is 0.300. The van der Waals surface area contributed by atoms with Crippen LogP contribution in [0.25, 0.3) is 0 Å². The molecule has 2 aromatic heterocycles. The minimum atomic E-state index is 0.594. The SMILES string of the molecule is CNc1ncc(C)c(Nc2cnn(C)c2)n1. The minimum absolute atomic E-state index is 0.594. The van der Waals surface area contributed by atoms with Crippen molar-refractivity contribution in [3.05, 3.63) is 24.2 Å². The van der Waals surface area contributed by atoms with Gasteiger partial charge in [0.2, 0.25) is 5.95 Å². The van der Waals surface area contributed by atoms with E-state index in [1.54, 1.807) is 24.1 Å². The molecule has 0 radical (unpaired) electrons. The van der Waals surface area contributed by atoms with Crippen molar-refractivity contribution in [1.29, 1.82) is 0 Å². The zero-order chi connectivity index (χ0) is 11.5. The zero-order valence-corrected chi connectivity index (χ0v) is 9.52. The van der Waals surface area contributed by atoms with E-state index in [0.717, 1.165) is 17.1 Å². The van der Waals surface area contributed by atoms with Gasteiger partial charge >= 0.3 is 0 Å². The van der Waals surface area contributed by atoms with Crippen LogP contribution in [0, 0.1) is 6.92 Å². The smallest absolute Gasteiger partial charge is 0.224 e. The molecule has 16 heavy (non-hydrogen) atoms. The van der Waals surface area contributed by atoms with Crippen LogP contribution in [-0.4, -0.2) is 26.8 Å². The molecular formula is C10H14N6. The first-order valence-corrected chi connectivity index (χ1v) is 4.96. The third kappa shape index (κ3) is 2.10. The third-order valence-corrected chi connectivity index (χ3v) is 2.16. The van der Waals surface area contributed by atoms with Crippen molar-refractivity contribution in [3.8, 4) is 0 Å². The Hall–Kier alpha value is -2.11. The van der Waals surface area contributed by atoms with Gasteiger partial charge in [-0.1, -0.05) is 0 Å². The molecule has 6 nitrogen and oxygen atoms in total. The summed E-state index contributed by atoms with van der Waals surface area (Å²) in [6, 6.07) is 0. The quantitative estimate of drug-likeness (QED) is 0.812. The number of anilines is 3. The lowest BCUT2D eigenvalue weighted by Crippen LogP contribution is -2.01. The Morgan fingerprint density at radius 1 is 1.31 bits per heavy atom. The van der Waals surface area contributed by atoms with E-state index in [1.807, 2.05) is 20.2 Å². The molecule has 0 spiro atoms. The maximum absolute atomic E-state index is 4.32. The highest BCUT2D eigenvalue weighted by atomic mass is 15.3. The van der Waals surface area contributed by atoms with Crippen LogP contribution in [0.4, 0.5) is 17.5 Å². The van der Waals surface area contributed by atoms with E-state index >= 15 is 0 Å². The van der Waals surface area contributed by atoms with Gasteiger partial charge in [-0.05, 0) is 6.92 Å². The predicted octanol–water partition coefficient (Wildman–Crippen LogP) is 1.30. The Morgan fingerprint density at radius 2 is 2.12 bits per heavy atom. The van der Waals surface area contributed by atoms with Crippen molar-refractivity contribution >= 4 is 17.5 Å². The molecule has 2 heterocycles. The highest BCUT2D eigenvalue weighted by molar-refractivity contribution is 5.58. The maximum Gasteiger partial charge on any atom is 0.224 e. The normalized spacial score (nSPS) is 10.2. The molecule has 84 valence electrons. The highest BCUT2D eigenvalue weighted by Gasteiger charge is 2.04. The number of nitrogens with one attached hydrogen (secondary N) is 2. The van der Waals surface area contributed by atoms with Gasteiger partial charge in [0.1, 0.15) is 5.82 Å². The van der Waals surface area contributed by atoms with Gasteiger partial charge in [0, 0.05) is 32.1 Å². The second-order valence-electron chi connectivity index (χ2n) is 3.50. The van der Waals surface area contributed by atoms with Gasteiger partial charge < -0.3 is 10.6 Å². The number of aryl methyl sites for hydroxylation is 2. The standard InChI is InChI=1S/C10H14N6/c1-7-4-12-10(11-2)15-9(7)14-8-5-13-16(3)6-8/h4-6H,1-3H3,(H2,11,12,14,15). The number of hydrogen-bond donors (Lipinski definition) is 2. The van der Waals surface area contributed by atoms with Crippen LogP contribution >= 0.6 is 0 Å². The minimum Gasteiger partial charge on any atom is -0.357 e. The van der Waals surface area contributed by atoms with Crippen LogP contribution in [0.2, 0.25) is 0 Å². The topological polar surface area (TPSA) is 67.7 Å². The monoisotopic (exact) mass is 218 g/mol. The zero-order valence-electron chi connectivity index (χ0n) is 9.52. The van der Waals surface area contributed by atoms with Crippen LogP contribution in [0.5, 0.6) is 0 Å². The Labute approximate surface area is 93.7 Å². The summed E-state index contributed by atoms with van der Waals surface area (Å²) >= 11 is 0. The molecule has 0 aromatic carbocycles. The van der Waals surface area contributed by atoms with Crippen LogP contribution in [0.1, 0.15) is 5.56 Å². The summed E-state index contributed by atoms with van der Waals surface area (Å²) in [5.74, 6) is 1.38. The van der Waals surface area contributed by atoms with Crippen molar-refractivity contribution in [2.45, 2.75) is 6.92 Å². The van der Waals surface area contributed by atoms with Gasteiger partial charge in [0.25, 0.3) is 0 Å². The number of hydrogen-bond acceptors (Lipinski definition) is 5. The van der Waals surface area contributed by atoms with Gasteiger partial charge in [-0.2, -0.15) is 10.1 Å². The summed E-state index contributed by atoms with van der Waals surface area (Å²) < 4.78 is 1.73. The Bertz CT molecular complexity index is 490. The van der Waals surface area contributed by atoms with Gasteiger partial charge in [0.05, 0.1) is 11.9 Å². The largest absolute Gasteiger partial charge is 0.357 e. The van der Waals surface area contributed by atoms with Gasteiger partial charge in [-0.25, -0.2) is 4.98 Å². The van der Waals surface area contributed by atoms with Crippen LogP contribution in [0.15, 0.2) is 18.6 Å². The highest BCUT2D eigenvalue weighted by Crippen LogP contribution is 2.17. The van der Waals surface area contributed by atoms with E-state index in [0.29, 0.717) is 5.95 Å². The molecule has 0 aliphatic heterocycles. The summed E-state index contributed by atoms with van der Waals surface area (Å²) in [5.41, 5.74) is 1.90. The summed E-state index contributed by atoms with van der Waals surface area (Å²) in [5, 5.41) is 10.2. The number of rotatable bonds is 3. The molecule has 2 N–H and O–H groups in total. The number of aromatic nitrogens is 4. The second-order valence-corrected chi connectivity index (χ2v) is 3.50. The van der Waals surface area contributed by atoms with Crippen LogP contribution in [0.3, 0.4) is 0 Å². The molecule has 0 saturated heterocycles. The second kappa shape index (κ2) is 4.18. The fourth-order valence-electron chi connectivity index (χ4n) is 1.31. The first-order chi connectivity index (χ1) is 7.69. The van der Waals surface area contributed by atoms with Gasteiger partial charge in [-0.3, -0.25) is 4.68 Å². The van der Waals surface area contributed by atoms with E-state index in [-0.39, 0.29) is 0 Å².